The summed E-state index contributed by atoms with van der Waals surface area (Å²) in [6.45, 7) is 0. The molecule has 2 heterocycles. The van der Waals surface area contributed by atoms with Crippen molar-refractivity contribution in [1.29, 1.82) is 0 Å². The summed E-state index contributed by atoms with van der Waals surface area (Å²) in [7, 11) is 0. The first-order chi connectivity index (χ1) is 22.3. The Hall–Kier alpha value is -6.13. The summed E-state index contributed by atoms with van der Waals surface area (Å²) in [6.07, 6.45) is 0. The van der Waals surface area contributed by atoms with Crippen molar-refractivity contribution in [2.24, 2.45) is 0 Å². The molecular weight excluding hydrogens is 550 g/mol. The minimum atomic E-state index is 0.594. The second kappa shape index (κ2) is 10.2. The Morgan fingerprint density at radius 1 is 0.356 bits per heavy atom. The average molecular weight is 576 g/mol. The van der Waals surface area contributed by atoms with Crippen molar-refractivity contribution >= 4 is 43.5 Å². The Morgan fingerprint density at radius 3 is 1.73 bits per heavy atom. The van der Waals surface area contributed by atoms with Gasteiger partial charge in [-0.1, -0.05) is 127 Å². The van der Waals surface area contributed by atoms with E-state index in [1.54, 1.807) is 0 Å². The fraction of sp³-hybridized carbons (Fsp3) is 0. The Labute approximate surface area is 259 Å². The Kier molecular flexibility index (Phi) is 5.78. The van der Waals surface area contributed by atoms with Crippen LogP contribution in [0.25, 0.3) is 88.8 Å². The van der Waals surface area contributed by atoms with Crippen LogP contribution in [-0.4, -0.2) is 15.0 Å². The predicted octanol–water partition coefficient (Wildman–Crippen LogP) is 10.7. The second-order valence-electron chi connectivity index (χ2n) is 11.3. The molecule has 7 aromatic carbocycles. The molecular formula is C41H25N3O. The number of aromatic nitrogens is 3. The zero-order valence-corrected chi connectivity index (χ0v) is 24.2. The smallest absolute Gasteiger partial charge is 0.164 e. The van der Waals surface area contributed by atoms with E-state index in [4.69, 9.17) is 19.4 Å². The lowest BCUT2D eigenvalue weighted by atomic mass is 9.95. The van der Waals surface area contributed by atoms with Crippen LogP contribution in [0.15, 0.2) is 156 Å². The molecule has 0 bridgehead atoms. The van der Waals surface area contributed by atoms with Gasteiger partial charge < -0.3 is 4.42 Å². The van der Waals surface area contributed by atoms with Crippen LogP contribution in [0.4, 0.5) is 0 Å². The summed E-state index contributed by atoms with van der Waals surface area (Å²) >= 11 is 0. The van der Waals surface area contributed by atoms with Crippen molar-refractivity contribution in [1.82, 2.24) is 15.0 Å². The second-order valence-corrected chi connectivity index (χ2v) is 11.3. The normalized spacial score (nSPS) is 11.6. The first-order valence-electron chi connectivity index (χ1n) is 15.0. The molecule has 4 nitrogen and oxygen atoms in total. The van der Waals surface area contributed by atoms with Crippen LogP contribution < -0.4 is 0 Å². The molecule has 9 aromatic rings. The number of furan rings is 1. The number of fused-ring (bicyclic) bond motifs is 6. The van der Waals surface area contributed by atoms with Gasteiger partial charge in [0.25, 0.3) is 0 Å². The van der Waals surface area contributed by atoms with E-state index in [9.17, 15) is 0 Å². The van der Waals surface area contributed by atoms with E-state index in [0.717, 1.165) is 55.1 Å². The summed E-state index contributed by atoms with van der Waals surface area (Å²) in [4.78, 5) is 15.1. The molecule has 0 aliphatic carbocycles. The van der Waals surface area contributed by atoms with Crippen LogP contribution in [0.2, 0.25) is 0 Å². The standard InChI is InChI=1S/C41H25N3O/c1-3-12-27(13-4-1)34-24-32(25-36-38(34)37-33-18-10-9-14-28(33)21-22-35(37)45-36)41-43-39(29-15-5-2-6-16-29)42-40(44-41)31-20-19-26-11-7-8-17-30(26)23-31/h1-25H. The first-order valence-corrected chi connectivity index (χ1v) is 15.0. The molecule has 0 saturated heterocycles. The van der Waals surface area contributed by atoms with Crippen molar-refractivity contribution in [2.75, 3.05) is 0 Å². The van der Waals surface area contributed by atoms with Gasteiger partial charge in [0.1, 0.15) is 11.2 Å². The van der Waals surface area contributed by atoms with Gasteiger partial charge in [-0.3, -0.25) is 0 Å². The number of nitrogens with zero attached hydrogens (tertiary/aromatic N) is 3. The van der Waals surface area contributed by atoms with E-state index >= 15 is 0 Å². The fourth-order valence-corrected chi connectivity index (χ4v) is 6.32. The summed E-state index contributed by atoms with van der Waals surface area (Å²) in [5.74, 6) is 1.85. The van der Waals surface area contributed by atoms with Crippen LogP contribution in [0, 0.1) is 0 Å². The molecule has 0 aliphatic heterocycles. The van der Waals surface area contributed by atoms with Crippen LogP contribution in [-0.2, 0) is 0 Å². The minimum absolute atomic E-state index is 0.594. The molecule has 0 spiro atoms. The van der Waals surface area contributed by atoms with E-state index in [1.807, 2.05) is 36.4 Å². The third-order valence-corrected chi connectivity index (χ3v) is 8.48. The lowest BCUT2D eigenvalue weighted by Gasteiger charge is -2.11. The molecule has 9 rings (SSSR count). The number of rotatable bonds is 4. The van der Waals surface area contributed by atoms with E-state index in [2.05, 4.69) is 115 Å². The molecule has 2 aromatic heterocycles. The van der Waals surface area contributed by atoms with Crippen LogP contribution in [0.3, 0.4) is 0 Å². The highest BCUT2D eigenvalue weighted by atomic mass is 16.3. The van der Waals surface area contributed by atoms with Gasteiger partial charge in [0.05, 0.1) is 0 Å². The largest absolute Gasteiger partial charge is 0.456 e. The molecule has 0 atom stereocenters. The summed E-state index contributed by atoms with van der Waals surface area (Å²) in [6, 6.07) is 52.2. The Bertz CT molecular complexity index is 2540. The number of benzene rings is 7. The van der Waals surface area contributed by atoms with Crippen LogP contribution >= 0.6 is 0 Å². The molecule has 0 radical (unpaired) electrons. The van der Waals surface area contributed by atoms with E-state index < -0.39 is 0 Å². The third-order valence-electron chi connectivity index (χ3n) is 8.48. The molecule has 0 amide bonds. The molecule has 4 heteroatoms. The lowest BCUT2D eigenvalue weighted by Crippen LogP contribution is -2.00. The van der Waals surface area contributed by atoms with Gasteiger partial charge in [0.2, 0.25) is 0 Å². The van der Waals surface area contributed by atoms with Gasteiger partial charge in [-0.05, 0) is 56.9 Å². The van der Waals surface area contributed by atoms with Crippen LogP contribution in [0.1, 0.15) is 0 Å². The SMILES string of the molecule is c1ccc(-c2nc(-c3ccc4ccccc4c3)nc(-c3cc(-c4ccccc4)c4c(c3)oc3ccc5ccccc5c34)n2)cc1. The summed E-state index contributed by atoms with van der Waals surface area (Å²) < 4.78 is 6.59. The number of hydrogen-bond donors (Lipinski definition) is 0. The number of hydrogen-bond acceptors (Lipinski definition) is 4. The highest BCUT2D eigenvalue weighted by Crippen LogP contribution is 2.42. The van der Waals surface area contributed by atoms with E-state index in [0.29, 0.717) is 17.5 Å². The molecule has 45 heavy (non-hydrogen) atoms. The van der Waals surface area contributed by atoms with Crippen molar-refractivity contribution in [3.63, 3.8) is 0 Å². The minimum Gasteiger partial charge on any atom is -0.456 e. The van der Waals surface area contributed by atoms with Crippen molar-refractivity contribution in [3.8, 4) is 45.3 Å². The van der Waals surface area contributed by atoms with E-state index in [1.165, 1.54) is 16.2 Å². The summed E-state index contributed by atoms with van der Waals surface area (Å²) in [5, 5.41) is 6.87. The van der Waals surface area contributed by atoms with Crippen LogP contribution in [0.5, 0.6) is 0 Å². The Balaban J connectivity index is 1.33. The summed E-state index contributed by atoms with van der Waals surface area (Å²) in [5.41, 5.74) is 6.57. The fourth-order valence-electron chi connectivity index (χ4n) is 6.32. The van der Waals surface area contributed by atoms with Gasteiger partial charge >= 0.3 is 0 Å². The highest BCUT2D eigenvalue weighted by Gasteiger charge is 2.20. The van der Waals surface area contributed by atoms with Gasteiger partial charge in [-0.25, -0.2) is 15.0 Å². The van der Waals surface area contributed by atoms with Crippen molar-refractivity contribution < 1.29 is 4.42 Å². The molecule has 210 valence electrons. The quantitative estimate of drug-likeness (QED) is 0.209. The Morgan fingerprint density at radius 2 is 0.956 bits per heavy atom. The molecule has 0 saturated carbocycles. The maximum absolute atomic E-state index is 6.59. The zero-order chi connectivity index (χ0) is 29.7. The molecule has 0 N–H and O–H groups in total. The third kappa shape index (κ3) is 4.35. The lowest BCUT2D eigenvalue weighted by molar-refractivity contribution is 0.669. The average Bonchev–Trinajstić information content (AvgIpc) is 3.51. The molecule has 0 fully saturated rings. The molecule has 0 aliphatic rings. The topological polar surface area (TPSA) is 51.8 Å². The predicted molar refractivity (Wildman–Crippen MR) is 184 cm³/mol. The maximum Gasteiger partial charge on any atom is 0.164 e. The monoisotopic (exact) mass is 575 g/mol. The van der Waals surface area contributed by atoms with Gasteiger partial charge in [-0.2, -0.15) is 0 Å². The van der Waals surface area contributed by atoms with Crippen molar-refractivity contribution in [2.45, 2.75) is 0 Å². The molecule has 0 unspecified atom stereocenters. The van der Waals surface area contributed by atoms with E-state index in [-0.39, 0.29) is 0 Å². The van der Waals surface area contributed by atoms with Crippen molar-refractivity contribution in [3.05, 3.63) is 152 Å². The maximum atomic E-state index is 6.59. The zero-order valence-electron chi connectivity index (χ0n) is 24.2. The van der Waals surface area contributed by atoms with Gasteiger partial charge in [-0.15, -0.1) is 0 Å². The van der Waals surface area contributed by atoms with Gasteiger partial charge in [0.15, 0.2) is 17.5 Å². The first kappa shape index (κ1) is 25.4. The van der Waals surface area contributed by atoms with Gasteiger partial charge in [0, 0.05) is 27.5 Å². The highest BCUT2D eigenvalue weighted by molar-refractivity contribution is 6.23.